The zero-order chi connectivity index (χ0) is 9.30. The van der Waals surface area contributed by atoms with E-state index in [4.69, 9.17) is 34.8 Å². The number of halogens is 4. The van der Waals surface area contributed by atoms with Crippen molar-refractivity contribution in [3.05, 3.63) is 32.2 Å². The first-order valence-corrected chi connectivity index (χ1v) is 4.80. The number of benzene rings is 1. The minimum absolute atomic E-state index is 0.134. The molecular weight excluding hydrogens is 286 g/mol. The summed E-state index contributed by atoms with van der Waals surface area (Å²) in [6.45, 7) is 0. The van der Waals surface area contributed by atoms with Crippen molar-refractivity contribution in [1.82, 2.24) is 0 Å². The second-order valence-electron chi connectivity index (χ2n) is 1.99. The molecule has 0 bridgehead atoms. The van der Waals surface area contributed by atoms with Crippen molar-refractivity contribution in [2.75, 3.05) is 0 Å². The van der Waals surface area contributed by atoms with E-state index in [0.29, 0.717) is 4.47 Å². The van der Waals surface area contributed by atoms with E-state index in [-0.39, 0.29) is 15.6 Å². The van der Waals surface area contributed by atoms with Gasteiger partial charge in [0.25, 0.3) is 5.24 Å². The molecule has 1 nitrogen and oxygen atoms in total. The summed E-state index contributed by atoms with van der Waals surface area (Å²) in [7, 11) is 0. The summed E-state index contributed by atoms with van der Waals surface area (Å²) < 4.78 is 0.595. The molecule has 0 aliphatic heterocycles. The normalized spacial score (nSPS) is 10.0. The summed E-state index contributed by atoms with van der Waals surface area (Å²) in [5.74, 6) is 0. The van der Waals surface area contributed by atoms with Gasteiger partial charge in [0, 0.05) is 4.47 Å². The summed E-state index contributed by atoms with van der Waals surface area (Å²) in [6, 6.07) is 3.20. The Morgan fingerprint density at radius 3 is 2.33 bits per heavy atom. The first-order chi connectivity index (χ1) is 5.54. The van der Waals surface area contributed by atoms with Crippen molar-refractivity contribution in [2.45, 2.75) is 0 Å². The van der Waals surface area contributed by atoms with Crippen LogP contribution in [-0.2, 0) is 0 Å². The molecule has 0 saturated carbocycles. The van der Waals surface area contributed by atoms with E-state index in [2.05, 4.69) is 15.9 Å². The number of hydrogen-bond donors (Lipinski definition) is 0. The van der Waals surface area contributed by atoms with Crippen LogP contribution in [0.3, 0.4) is 0 Å². The molecule has 0 amide bonds. The molecule has 1 rings (SSSR count). The fraction of sp³-hybridized carbons (Fsp3) is 0. The highest BCUT2D eigenvalue weighted by atomic mass is 79.9. The number of carbonyl (C=O) groups excluding carboxylic acids is 1. The van der Waals surface area contributed by atoms with E-state index in [1.54, 1.807) is 12.1 Å². The smallest absolute Gasteiger partial charge is 0.255 e. The highest BCUT2D eigenvalue weighted by molar-refractivity contribution is 9.10. The monoisotopic (exact) mass is 286 g/mol. The van der Waals surface area contributed by atoms with Gasteiger partial charge < -0.3 is 0 Å². The van der Waals surface area contributed by atoms with Crippen molar-refractivity contribution >= 4 is 56.0 Å². The lowest BCUT2D eigenvalue weighted by molar-refractivity contribution is 0.108. The van der Waals surface area contributed by atoms with E-state index in [9.17, 15) is 4.79 Å². The highest BCUT2D eigenvalue weighted by Crippen LogP contribution is 2.32. The topological polar surface area (TPSA) is 17.1 Å². The molecule has 0 aromatic heterocycles. The average molecular weight is 288 g/mol. The lowest BCUT2D eigenvalue weighted by atomic mass is 10.2. The van der Waals surface area contributed by atoms with Gasteiger partial charge in [-0.1, -0.05) is 23.2 Å². The Labute approximate surface area is 92.7 Å². The fourth-order valence-electron chi connectivity index (χ4n) is 0.707. The van der Waals surface area contributed by atoms with Gasteiger partial charge in [0.2, 0.25) is 0 Å². The van der Waals surface area contributed by atoms with Crippen molar-refractivity contribution in [3.8, 4) is 0 Å². The van der Waals surface area contributed by atoms with Crippen LogP contribution in [0.25, 0.3) is 0 Å². The number of carbonyl (C=O) groups is 1. The van der Waals surface area contributed by atoms with E-state index in [0.717, 1.165) is 0 Å². The van der Waals surface area contributed by atoms with Crippen LogP contribution in [0, 0.1) is 0 Å². The average Bonchev–Trinajstić information content (AvgIpc) is 1.97. The fourth-order valence-corrected chi connectivity index (χ4v) is 1.87. The van der Waals surface area contributed by atoms with Crippen LogP contribution in [-0.4, -0.2) is 5.24 Å². The zero-order valence-electron chi connectivity index (χ0n) is 5.57. The molecular formula is C7H2BrCl3O. The van der Waals surface area contributed by atoms with Crippen LogP contribution in [0.15, 0.2) is 16.6 Å². The molecule has 0 heterocycles. The molecule has 64 valence electrons. The molecule has 0 N–H and O–H groups in total. The van der Waals surface area contributed by atoms with Gasteiger partial charge in [-0.2, -0.15) is 0 Å². The molecule has 0 aliphatic rings. The maximum Gasteiger partial charge on any atom is 0.255 e. The molecule has 1 aromatic carbocycles. The Hall–Kier alpha value is 0.240. The molecule has 0 atom stereocenters. The molecule has 1 aromatic rings. The number of hydrogen-bond acceptors (Lipinski definition) is 1. The Kier molecular flexibility index (Phi) is 3.41. The highest BCUT2D eigenvalue weighted by Gasteiger charge is 2.14. The summed E-state index contributed by atoms with van der Waals surface area (Å²) >= 11 is 19.8. The second-order valence-corrected chi connectivity index (χ2v) is 3.97. The van der Waals surface area contributed by atoms with Crippen LogP contribution in [0.5, 0.6) is 0 Å². The zero-order valence-corrected chi connectivity index (χ0v) is 9.43. The Morgan fingerprint density at radius 2 is 1.92 bits per heavy atom. The van der Waals surface area contributed by atoms with Gasteiger partial charge in [-0.3, -0.25) is 4.79 Å². The van der Waals surface area contributed by atoms with E-state index >= 15 is 0 Å². The summed E-state index contributed by atoms with van der Waals surface area (Å²) in [6.07, 6.45) is 0. The second kappa shape index (κ2) is 3.97. The third-order valence-corrected chi connectivity index (χ3v) is 3.03. The molecule has 0 saturated heterocycles. The van der Waals surface area contributed by atoms with E-state index < -0.39 is 5.24 Å². The van der Waals surface area contributed by atoms with Gasteiger partial charge in [-0.25, -0.2) is 0 Å². The van der Waals surface area contributed by atoms with Gasteiger partial charge in [0.1, 0.15) is 0 Å². The quantitative estimate of drug-likeness (QED) is 0.561. The molecule has 0 radical (unpaired) electrons. The summed E-state index contributed by atoms with van der Waals surface area (Å²) in [4.78, 5) is 10.8. The third-order valence-electron chi connectivity index (χ3n) is 1.24. The van der Waals surface area contributed by atoms with Crippen molar-refractivity contribution in [1.29, 1.82) is 0 Å². The summed E-state index contributed by atoms with van der Waals surface area (Å²) in [5.41, 5.74) is 0.134. The van der Waals surface area contributed by atoms with Crippen LogP contribution in [0.4, 0.5) is 0 Å². The van der Waals surface area contributed by atoms with Gasteiger partial charge in [-0.05, 0) is 39.7 Å². The van der Waals surface area contributed by atoms with Gasteiger partial charge in [0.05, 0.1) is 15.6 Å². The first kappa shape index (κ1) is 10.3. The predicted octanol–water partition coefficient (Wildman–Crippen LogP) is 4.13. The number of rotatable bonds is 1. The Bertz CT molecular complexity index is 338. The largest absolute Gasteiger partial charge is 0.275 e. The van der Waals surface area contributed by atoms with Crippen LogP contribution < -0.4 is 0 Å². The predicted molar refractivity (Wildman–Crippen MR) is 54.3 cm³/mol. The van der Waals surface area contributed by atoms with Crippen molar-refractivity contribution in [3.63, 3.8) is 0 Å². The van der Waals surface area contributed by atoms with Crippen LogP contribution >= 0.6 is 50.7 Å². The van der Waals surface area contributed by atoms with Gasteiger partial charge in [0.15, 0.2) is 0 Å². The summed E-state index contributed by atoms with van der Waals surface area (Å²) in [5, 5.41) is -0.169. The van der Waals surface area contributed by atoms with E-state index in [1.807, 2.05) is 0 Å². The lowest BCUT2D eigenvalue weighted by Gasteiger charge is -2.02. The maximum atomic E-state index is 10.8. The standard InChI is InChI=1S/C7H2BrCl3O/c8-3-1-2-4(9)5(6(3)10)7(11)12/h1-2H. The van der Waals surface area contributed by atoms with Crippen molar-refractivity contribution in [2.24, 2.45) is 0 Å². The molecule has 5 heteroatoms. The Morgan fingerprint density at radius 1 is 1.33 bits per heavy atom. The van der Waals surface area contributed by atoms with Gasteiger partial charge >= 0.3 is 0 Å². The SMILES string of the molecule is O=C(Cl)c1c(Cl)ccc(Br)c1Cl. The Balaban J connectivity index is 3.43. The molecule has 0 fully saturated rings. The lowest BCUT2D eigenvalue weighted by Crippen LogP contribution is -1.92. The minimum atomic E-state index is -0.661. The van der Waals surface area contributed by atoms with Crippen LogP contribution in [0.1, 0.15) is 10.4 Å². The van der Waals surface area contributed by atoms with Crippen molar-refractivity contribution < 1.29 is 4.79 Å². The molecule has 12 heavy (non-hydrogen) atoms. The van der Waals surface area contributed by atoms with Gasteiger partial charge in [-0.15, -0.1) is 0 Å². The van der Waals surface area contributed by atoms with Crippen LogP contribution in [0.2, 0.25) is 10.0 Å². The van der Waals surface area contributed by atoms with E-state index in [1.165, 1.54) is 0 Å². The molecule has 0 aliphatic carbocycles. The first-order valence-electron chi connectivity index (χ1n) is 2.87. The third kappa shape index (κ3) is 1.94. The molecule has 0 spiro atoms. The maximum absolute atomic E-state index is 10.8. The minimum Gasteiger partial charge on any atom is -0.275 e. The molecule has 0 unspecified atom stereocenters.